The number of hydrogen-bond acceptors (Lipinski definition) is 5. The molecule has 7 nitrogen and oxygen atoms in total. The van der Waals surface area contributed by atoms with Crippen molar-refractivity contribution in [2.45, 2.75) is 71.8 Å². The highest BCUT2D eigenvalue weighted by molar-refractivity contribution is 9.10. The van der Waals surface area contributed by atoms with Gasteiger partial charge in [0.1, 0.15) is 21.0 Å². The van der Waals surface area contributed by atoms with Crippen LogP contribution in [0.2, 0.25) is 5.15 Å². The average molecular weight is 491 g/mol. The lowest BCUT2D eigenvalue weighted by molar-refractivity contribution is -0.0313. The van der Waals surface area contributed by atoms with Crippen LogP contribution in [0.25, 0.3) is 0 Å². The fourth-order valence-corrected chi connectivity index (χ4v) is 3.98. The van der Waals surface area contributed by atoms with Gasteiger partial charge in [0.2, 0.25) is 0 Å². The Hall–Kier alpha value is -1.54. The predicted octanol–water partition coefficient (Wildman–Crippen LogP) is 5.41. The molecule has 2 rings (SSSR count). The van der Waals surface area contributed by atoms with E-state index in [4.69, 9.17) is 21.1 Å². The smallest absolute Gasteiger partial charge is 0.410 e. The third kappa shape index (κ3) is 6.47. The van der Waals surface area contributed by atoms with E-state index in [-0.39, 0.29) is 6.04 Å². The van der Waals surface area contributed by atoms with Crippen molar-refractivity contribution in [1.82, 2.24) is 14.8 Å². The summed E-state index contributed by atoms with van der Waals surface area (Å²) in [7, 11) is 0. The molecule has 0 aliphatic carbocycles. The van der Waals surface area contributed by atoms with Gasteiger partial charge in [0.05, 0.1) is 12.1 Å². The summed E-state index contributed by atoms with van der Waals surface area (Å²) < 4.78 is 11.7. The Balaban J connectivity index is 2.41. The molecule has 2 atom stereocenters. The Kier molecular flexibility index (Phi) is 7.10. The number of carbonyl (C=O) groups excluding carboxylic acids is 2. The summed E-state index contributed by atoms with van der Waals surface area (Å²) >= 11 is 9.51. The maximum absolute atomic E-state index is 12.9. The van der Waals surface area contributed by atoms with E-state index < -0.39 is 29.4 Å². The summed E-state index contributed by atoms with van der Waals surface area (Å²) in [6.07, 6.45) is -0.861. The molecule has 29 heavy (non-hydrogen) atoms. The third-order valence-electron chi connectivity index (χ3n) is 4.25. The van der Waals surface area contributed by atoms with Crippen LogP contribution in [0.15, 0.2) is 16.7 Å². The van der Waals surface area contributed by atoms with E-state index in [1.54, 1.807) is 21.9 Å². The average Bonchev–Trinajstić information content (AvgIpc) is 2.49. The van der Waals surface area contributed by atoms with E-state index in [9.17, 15) is 9.59 Å². The highest BCUT2D eigenvalue weighted by atomic mass is 79.9. The number of rotatable bonds is 1. The van der Waals surface area contributed by atoms with Crippen LogP contribution in [-0.2, 0) is 9.47 Å². The summed E-state index contributed by atoms with van der Waals surface area (Å²) in [5, 5.41) is 0.292. The van der Waals surface area contributed by atoms with Crippen molar-refractivity contribution in [3.8, 4) is 0 Å². The molecule has 0 unspecified atom stereocenters. The first-order valence-corrected chi connectivity index (χ1v) is 10.7. The number of nitrogens with zero attached hydrogens (tertiary/aromatic N) is 3. The maximum Gasteiger partial charge on any atom is 0.410 e. The molecule has 2 amide bonds. The van der Waals surface area contributed by atoms with E-state index in [0.717, 1.165) is 5.56 Å². The van der Waals surface area contributed by atoms with Crippen LogP contribution in [0.4, 0.5) is 9.59 Å². The summed E-state index contributed by atoms with van der Waals surface area (Å²) in [5.41, 5.74) is -0.496. The molecule has 9 heteroatoms. The number of halogens is 2. The molecule has 1 aromatic heterocycles. The van der Waals surface area contributed by atoms with Crippen molar-refractivity contribution < 1.29 is 19.1 Å². The van der Waals surface area contributed by atoms with Crippen molar-refractivity contribution in [1.29, 1.82) is 0 Å². The van der Waals surface area contributed by atoms with Gasteiger partial charge >= 0.3 is 12.2 Å². The van der Waals surface area contributed by atoms with E-state index in [0.29, 0.717) is 22.8 Å². The van der Waals surface area contributed by atoms with Crippen LogP contribution in [-0.4, -0.2) is 57.3 Å². The van der Waals surface area contributed by atoms with Crippen LogP contribution in [0.1, 0.15) is 60.1 Å². The zero-order valence-corrected chi connectivity index (χ0v) is 20.3. The van der Waals surface area contributed by atoms with Gasteiger partial charge in [-0.25, -0.2) is 14.6 Å². The maximum atomic E-state index is 12.9. The van der Waals surface area contributed by atoms with Crippen molar-refractivity contribution in [2.75, 3.05) is 13.1 Å². The molecular weight excluding hydrogens is 462 g/mol. The van der Waals surface area contributed by atoms with Crippen LogP contribution in [0, 0.1) is 0 Å². The summed E-state index contributed by atoms with van der Waals surface area (Å²) in [5.74, 6) is 0. The molecular formula is C20H29BrClN3O4. The molecule has 1 fully saturated rings. The van der Waals surface area contributed by atoms with Crippen LogP contribution >= 0.6 is 27.5 Å². The van der Waals surface area contributed by atoms with Crippen LogP contribution in [0.5, 0.6) is 0 Å². The Labute approximate surface area is 185 Å². The minimum absolute atomic E-state index is 0.292. The molecule has 1 aliphatic heterocycles. The van der Waals surface area contributed by atoms with Gasteiger partial charge in [-0.15, -0.1) is 0 Å². The van der Waals surface area contributed by atoms with Gasteiger partial charge in [0, 0.05) is 13.1 Å². The quantitative estimate of drug-likeness (QED) is 0.492. The van der Waals surface area contributed by atoms with Crippen LogP contribution in [0.3, 0.4) is 0 Å². The largest absolute Gasteiger partial charge is 0.444 e. The lowest BCUT2D eigenvalue weighted by atomic mass is 9.96. The highest BCUT2D eigenvalue weighted by Crippen LogP contribution is 2.35. The number of hydrogen-bond donors (Lipinski definition) is 0. The lowest BCUT2D eigenvalue weighted by Crippen LogP contribution is -2.58. The number of aromatic nitrogens is 1. The number of pyridine rings is 1. The Morgan fingerprint density at radius 2 is 1.52 bits per heavy atom. The minimum Gasteiger partial charge on any atom is -0.444 e. The molecule has 0 saturated carbocycles. The van der Waals surface area contributed by atoms with Gasteiger partial charge in [-0.1, -0.05) is 11.6 Å². The summed E-state index contributed by atoms with van der Waals surface area (Å²) in [4.78, 5) is 33.1. The monoisotopic (exact) mass is 489 g/mol. The van der Waals surface area contributed by atoms with Crippen molar-refractivity contribution >= 4 is 39.7 Å². The van der Waals surface area contributed by atoms with Gasteiger partial charge in [-0.05, 0) is 82.1 Å². The van der Waals surface area contributed by atoms with Crippen LogP contribution < -0.4 is 0 Å². The van der Waals surface area contributed by atoms with E-state index in [1.165, 1.54) is 0 Å². The van der Waals surface area contributed by atoms with Gasteiger partial charge in [-0.3, -0.25) is 4.90 Å². The number of piperazine rings is 1. The summed E-state index contributed by atoms with van der Waals surface area (Å²) in [6, 6.07) is 2.66. The SMILES string of the molecule is C[C@H]1[C@@H](c2cc(Cl)nc(Br)c2)N(C(=O)OC(C)(C)C)CCN1C(=O)OC(C)(C)C. The van der Waals surface area contributed by atoms with E-state index >= 15 is 0 Å². The third-order valence-corrected chi connectivity index (χ3v) is 4.85. The molecule has 162 valence electrons. The first-order valence-electron chi connectivity index (χ1n) is 9.50. The zero-order chi connectivity index (χ0) is 22.1. The molecule has 1 saturated heterocycles. The van der Waals surface area contributed by atoms with Gasteiger partial charge < -0.3 is 14.4 Å². The minimum atomic E-state index is -0.635. The molecule has 1 aliphatic rings. The summed E-state index contributed by atoms with van der Waals surface area (Å²) in [6.45, 7) is 13.5. The fraction of sp³-hybridized carbons (Fsp3) is 0.650. The van der Waals surface area contributed by atoms with E-state index in [1.807, 2.05) is 48.5 Å². The molecule has 2 heterocycles. The van der Waals surface area contributed by atoms with E-state index in [2.05, 4.69) is 20.9 Å². The first-order chi connectivity index (χ1) is 13.2. The topological polar surface area (TPSA) is 72.0 Å². The molecule has 0 spiro atoms. The fourth-order valence-electron chi connectivity index (χ4n) is 3.21. The standard InChI is InChI=1S/C20H29BrClN3O4/c1-12-16(13-10-14(21)23-15(22)11-13)25(18(27)29-20(5,6)7)9-8-24(12)17(26)28-19(2,3)4/h10-12,16H,8-9H2,1-7H3/t12-,16-/m0/s1. The number of amides is 2. The Morgan fingerprint density at radius 1 is 1.03 bits per heavy atom. The number of ether oxygens (including phenoxy) is 2. The van der Waals surface area contributed by atoms with Gasteiger partial charge in [0.25, 0.3) is 0 Å². The second-order valence-corrected chi connectivity index (χ2v) is 10.3. The predicted molar refractivity (Wildman–Crippen MR) is 115 cm³/mol. The van der Waals surface area contributed by atoms with Crippen molar-refractivity contribution in [2.24, 2.45) is 0 Å². The Morgan fingerprint density at radius 3 is 2.00 bits per heavy atom. The zero-order valence-electron chi connectivity index (χ0n) is 18.0. The number of carbonyl (C=O) groups is 2. The van der Waals surface area contributed by atoms with Crippen molar-refractivity contribution in [3.05, 3.63) is 27.5 Å². The first kappa shape index (κ1) is 23.7. The Bertz CT molecular complexity index is 756. The normalized spacial score (nSPS) is 20.4. The van der Waals surface area contributed by atoms with Gasteiger partial charge in [0.15, 0.2) is 0 Å². The molecule has 0 N–H and O–H groups in total. The van der Waals surface area contributed by atoms with Gasteiger partial charge in [-0.2, -0.15) is 0 Å². The second-order valence-electron chi connectivity index (χ2n) is 9.08. The highest BCUT2D eigenvalue weighted by Gasteiger charge is 2.42. The van der Waals surface area contributed by atoms with Crippen molar-refractivity contribution in [3.63, 3.8) is 0 Å². The lowest BCUT2D eigenvalue weighted by Gasteiger charge is -2.46. The molecule has 1 aromatic rings. The molecule has 0 aromatic carbocycles. The molecule has 0 radical (unpaired) electrons. The molecule has 0 bridgehead atoms. The second kappa shape index (κ2) is 8.68.